The molecule has 4 heteroatoms. The summed E-state index contributed by atoms with van der Waals surface area (Å²) in [6.07, 6.45) is -0.371. The van der Waals surface area contributed by atoms with Gasteiger partial charge in [0.1, 0.15) is 6.61 Å². The highest BCUT2D eigenvalue weighted by molar-refractivity contribution is 9.10. The molecule has 0 radical (unpaired) electrons. The number of hydrogen-bond donors (Lipinski definition) is 0. The number of ether oxygens (including phenoxy) is 1. The van der Waals surface area contributed by atoms with Crippen molar-refractivity contribution >= 4 is 27.7 Å². The van der Waals surface area contributed by atoms with Crippen molar-refractivity contribution in [3.05, 3.63) is 64.1 Å². The molecule has 2 rings (SSSR count). The third kappa shape index (κ3) is 3.61. The molecule has 0 aliphatic heterocycles. The highest BCUT2D eigenvalue weighted by atomic mass is 79.9. The SMILES string of the molecule is Cc1ccc(N(C)C(=O)OCc2ccccc2)cc1Br. The van der Waals surface area contributed by atoms with Crippen molar-refractivity contribution in [3.63, 3.8) is 0 Å². The number of aryl methyl sites for hydroxylation is 1. The minimum absolute atomic E-state index is 0.275. The lowest BCUT2D eigenvalue weighted by Crippen LogP contribution is -2.26. The Morgan fingerprint density at radius 3 is 2.55 bits per heavy atom. The van der Waals surface area contributed by atoms with Crippen LogP contribution in [0.1, 0.15) is 11.1 Å². The molecule has 2 aromatic carbocycles. The standard InChI is InChI=1S/C16H16BrNO2/c1-12-8-9-14(10-15(12)17)18(2)16(19)20-11-13-6-4-3-5-7-13/h3-10H,11H2,1-2H3. The van der Waals surface area contributed by atoms with Gasteiger partial charge in [0.25, 0.3) is 0 Å². The minimum Gasteiger partial charge on any atom is -0.444 e. The topological polar surface area (TPSA) is 29.5 Å². The maximum atomic E-state index is 12.0. The zero-order valence-corrected chi connectivity index (χ0v) is 13.1. The summed E-state index contributed by atoms with van der Waals surface area (Å²) in [5.74, 6) is 0. The smallest absolute Gasteiger partial charge is 0.414 e. The number of rotatable bonds is 3. The lowest BCUT2D eigenvalue weighted by molar-refractivity contribution is 0.148. The molecular weight excluding hydrogens is 318 g/mol. The number of anilines is 1. The summed E-state index contributed by atoms with van der Waals surface area (Å²) in [6.45, 7) is 2.28. The summed E-state index contributed by atoms with van der Waals surface area (Å²) in [5, 5.41) is 0. The van der Waals surface area contributed by atoms with Crippen molar-refractivity contribution in [1.29, 1.82) is 0 Å². The van der Waals surface area contributed by atoms with Crippen molar-refractivity contribution in [2.75, 3.05) is 11.9 Å². The number of hydrogen-bond acceptors (Lipinski definition) is 2. The Kier molecular flexibility index (Phi) is 4.79. The number of carbonyl (C=O) groups is 1. The Bertz CT molecular complexity index is 599. The van der Waals surface area contributed by atoms with Gasteiger partial charge in [-0.2, -0.15) is 0 Å². The quantitative estimate of drug-likeness (QED) is 0.825. The van der Waals surface area contributed by atoms with Gasteiger partial charge in [0.15, 0.2) is 0 Å². The summed E-state index contributed by atoms with van der Waals surface area (Å²) < 4.78 is 6.26. The van der Waals surface area contributed by atoms with Crippen LogP contribution in [0.3, 0.4) is 0 Å². The maximum absolute atomic E-state index is 12.0. The van der Waals surface area contributed by atoms with E-state index in [4.69, 9.17) is 4.74 Å². The predicted molar refractivity (Wildman–Crippen MR) is 83.9 cm³/mol. The molecule has 0 aliphatic carbocycles. The van der Waals surface area contributed by atoms with E-state index >= 15 is 0 Å². The fraction of sp³-hybridized carbons (Fsp3) is 0.188. The Balaban J connectivity index is 1.99. The second-order valence-corrected chi connectivity index (χ2v) is 5.39. The number of carbonyl (C=O) groups excluding carboxylic acids is 1. The summed E-state index contributed by atoms with van der Waals surface area (Å²) in [4.78, 5) is 13.5. The fourth-order valence-corrected chi connectivity index (χ4v) is 2.08. The summed E-state index contributed by atoms with van der Waals surface area (Å²) >= 11 is 3.46. The van der Waals surface area contributed by atoms with E-state index in [0.29, 0.717) is 0 Å². The minimum atomic E-state index is -0.371. The van der Waals surface area contributed by atoms with Gasteiger partial charge >= 0.3 is 6.09 Å². The van der Waals surface area contributed by atoms with Crippen LogP contribution < -0.4 is 4.90 Å². The fourth-order valence-electron chi connectivity index (χ4n) is 1.71. The van der Waals surface area contributed by atoms with Crippen molar-refractivity contribution in [3.8, 4) is 0 Å². The van der Waals surface area contributed by atoms with Crippen LogP contribution in [0.2, 0.25) is 0 Å². The highest BCUT2D eigenvalue weighted by Gasteiger charge is 2.13. The monoisotopic (exact) mass is 333 g/mol. The van der Waals surface area contributed by atoms with Gasteiger partial charge in [0.05, 0.1) is 0 Å². The average molecular weight is 334 g/mol. The molecule has 0 bridgehead atoms. The third-order valence-corrected chi connectivity index (χ3v) is 3.88. The van der Waals surface area contributed by atoms with Crippen LogP contribution >= 0.6 is 15.9 Å². The van der Waals surface area contributed by atoms with Crippen LogP contribution in [-0.4, -0.2) is 13.1 Å². The van der Waals surface area contributed by atoms with Crippen LogP contribution in [-0.2, 0) is 11.3 Å². The van der Waals surface area contributed by atoms with Gasteiger partial charge in [-0.05, 0) is 30.2 Å². The van der Waals surface area contributed by atoms with E-state index < -0.39 is 0 Å². The molecule has 0 atom stereocenters. The van der Waals surface area contributed by atoms with Gasteiger partial charge < -0.3 is 4.74 Å². The van der Waals surface area contributed by atoms with Gasteiger partial charge in [0, 0.05) is 17.2 Å². The summed E-state index contributed by atoms with van der Waals surface area (Å²) in [5.41, 5.74) is 2.89. The molecule has 0 aliphatic rings. The van der Waals surface area contributed by atoms with E-state index in [0.717, 1.165) is 21.3 Å². The second kappa shape index (κ2) is 6.57. The molecule has 2 aromatic rings. The van der Waals surface area contributed by atoms with Crippen LogP contribution in [0.15, 0.2) is 53.0 Å². The van der Waals surface area contributed by atoms with Gasteiger partial charge in [-0.15, -0.1) is 0 Å². The largest absolute Gasteiger partial charge is 0.444 e. The van der Waals surface area contributed by atoms with E-state index in [1.165, 1.54) is 4.90 Å². The Morgan fingerprint density at radius 1 is 1.20 bits per heavy atom. The summed E-state index contributed by atoms with van der Waals surface area (Å²) in [6, 6.07) is 15.4. The van der Waals surface area contributed by atoms with Crippen LogP contribution in [0.4, 0.5) is 10.5 Å². The number of benzene rings is 2. The predicted octanol–water partition coefficient (Wildman–Crippen LogP) is 4.53. The molecule has 1 amide bonds. The first-order chi connectivity index (χ1) is 9.58. The third-order valence-electron chi connectivity index (χ3n) is 3.02. The molecule has 0 saturated heterocycles. The van der Waals surface area contributed by atoms with Gasteiger partial charge in [0.2, 0.25) is 0 Å². The molecule has 0 fully saturated rings. The molecule has 0 saturated carbocycles. The van der Waals surface area contributed by atoms with E-state index in [1.54, 1.807) is 7.05 Å². The summed E-state index contributed by atoms with van der Waals surface area (Å²) in [7, 11) is 1.70. The average Bonchev–Trinajstić information content (AvgIpc) is 2.48. The molecule has 0 unspecified atom stereocenters. The zero-order valence-electron chi connectivity index (χ0n) is 11.5. The van der Waals surface area contributed by atoms with Crippen molar-refractivity contribution in [2.45, 2.75) is 13.5 Å². The van der Waals surface area contributed by atoms with Crippen LogP contribution in [0, 0.1) is 6.92 Å². The number of nitrogens with zero attached hydrogens (tertiary/aromatic N) is 1. The van der Waals surface area contributed by atoms with Gasteiger partial charge in [-0.25, -0.2) is 4.79 Å². The first kappa shape index (κ1) is 14.6. The van der Waals surface area contributed by atoms with E-state index in [-0.39, 0.29) is 12.7 Å². The second-order valence-electron chi connectivity index (χ2n) is 4.53. The van der Waals surface area contributed by atoms with E-state index in [9.17, 15) is 4.79 Å². The molecule has 0 N–H and O–H groups in total. The first-order valence-electron chi connectivity index (χ1n) is 6.28. The van der Waals surface area contributed by atoms with Gasteiger partial charge in [-0.1, -0.05) is 52.3 Å². The Hall–Kier alpha value is -1.81. The van der Waals surface area contributed by atoms with Crippen LogP contribution in [0.25, 0.3) is 0 Å². The lowest BCUT2D eigenvalue weighted by atomic mass is 10.2. The molecule has 20 heavy (non-hydrogen) atoms. The maximum Gasteiger partial charge on any atom is 0.414 e. The normalized spacial score (nSPS) is 10.2. The Morgan fingerprint density at radius 2 is 1.90 bits per heavy atom. The van der Waals surface area contributed by atoms with Gasteiger partial charge in [-0.3, -0.25) is 4.90 Å². The first-order valence-corrected chi connectivity index (χ1v) is 7.08. The highest BCUT2D eigenvalue weighted by Crippen LogP contribution is 2.23. The van der Waals surface area contributed by atoms with Crippen molar-refractivity contribution in [1.82, 2.24) is 0 Å². The van der Waals surface area contributed by atoms with Crippen LogP contribution in [0.5, 0.6) is 0 Å². The van der Waals surface area contributed by atoms with E-state index in [2.05, 4.69) is 15.9 Å². The molecule has 0 spiro atoms. The lowest BCUT2D eigenvalue weighted by Gasteiger charge is -2.18. The Labute approximate surface area is 127 Å². The van der Waals surface area contributed by atoms with E-state index in [1.807, 2.05) is 55.5 Å². The molecular formula is C16H16BrNO2. The van der Waals surface area contributed by atoms with Crippen molar-refractivity contribution < 1.29 is 9.53 Å². The molecule has 104 valence electrons. The van der Waals surface area contributed by atoms with Crippen molar-refractivity contribution in [2.24, 2.45) is 0 Å². The zero-order chi connectivity index (χ0) is 14.5. The number of halogens is 1. The number of amides is 1. The molecule has 0 heterocycles. The molecule has 3 nitrogen and oxygen atoms in total. The molecule has 0 aromatic heterocycles.